The number of nitrogens with two attached hydrogens (primary N) is 1. The minimum Gasteiger partial charge on any atom is -0.389 e. The Bertz CT molecular complexity index is 2510. The van der Waals surface area contributed by atoms with Gasteiger partial charge in [-0.15, -0.1) is 11.3 Å². The van der Waals surface area contributed by atoms with Gasteiger partial charge < -0.3 is 25.3 Å². The zero-order valence-electron chi connectivity index (χ0n) is 46.3. The van der Waals surface area contributed by atoms with Crippen LogP contribution in [0.2, 0.25) is 0 Å². The Morgan fingerprint density at radius 3 is 1.36 bits per heavy atom. The maximum absolute atomic E-state index is 13.9. The maximum Gasteiger partial charge on any atom is 0.434 e. The molecule has 8 nitrogen and oxygen atoms in total. The first-order chi connectivity index (χ1) is 36.5. The molecule has 0 unspecified atom stereocenters. The molecule has 2 N–H and O–H groups in total. The molecule has 2 aliphatic rings. The van der Waals surface area contributed by atoms with Crippen LogP contribution in [0.4, 0.5) is 13.2 Å². The summed E-state index contributed by atoms with van der Waals surface area (Å²) < 4.78 is 39.0. The Hall–Kier alpha value is -4.95. The number of carbonyl (C=O) groups excluding carboxylic acids is 2. The van der Waals surface area contributed by atoms with Crippen molar-refractivity contribution in [3.8, 4) is 10.6 Å². The van der Waals surface area contributed by atoms with Crippen LogP contribution in [0.5, 0.6) is 0 Å². The van der Waals surface area contributed by atoms with Crippen LogP contribution >= 0.6 is 23.6 Å². The lowest BCUT2D eigenvalue weighted by atomic mass is 9.99. The van der Waals surface area contributed by atoms with Gasteiger partial charge in [-0.3, -0.25) is 9.59 Å². The Kier molecular flexibility index (Phi) is 24.0. The molecular weight excluding hydrogens is 994 g/mol. The van der Waals surface area contributed by atoms with Crippen molar-refractivity contribution in [3.63, 3.8) is 0 Å². The van der Waals surface area contributed by atoms with Gasteiger partial charge in [0.2, 0.25) is 0 Å². The number of hydrogen-bond acceptors (Lipinski definition) is 7. The molecule has 0 radical (unpaired) electrons. The van der Waals surface area contributed by atoms with Crippen molar-refractivity contribution in [2.75, 3.05) is 39.3 Å². The first-order valence-electron chi connectivity index (χ1n) is 28.3. The normalized spacial score (nSPS) is 14.9. The number of unbranched alkanes of at least 4 members (excludes halogenated alkanes) is 4. The van der Waals surface area contributed by atoms with Crippen molar-refractivity contribution in [3.05, 3.63) is 147 Å². The third kappa shape index (κ3) is 18.9. The molecule has 0 bridgehead atoms. The number of nitrogens with zero attached hydrogens (tertiary/aromatic N) is 5. The van der Waals surface area contributed by atoms with E-state index in [4.69, 9.17) is 18.0 Å². The van der Waals surface area contributed by atoms with Gasteiger partial charge in [-0.2, -0.15) is 13.2 Å². The number of thiazole rings is 1. The second-order valence-corrected chi connectivity index (χ2v) is 23.3. The average molecular weight is 1080 g/mol. The molecule has 2 fully saturated rings. The van der Waals surface area contributed by atoms with Gasteiger partial charge in [0, 0.05) is 79.0 Å². The van der Waals surface area contributed by atoms with Crippen LogP contribution in [0.3, 0.4) is 0 Å². The number of thiocarbonyl (C=S) groups is 1. The van der Waals surface area contributed by atoms with E-state index in [1.807, 2.05) is 65.6 Å². The number of amides is 2. The molecule has 2 saturated heterocycles. The molecule has 412 valence electrons. The van der Waals surface area contributed by atoms with E-state index < -0.39 is 11.9 Å². The van der Waals surface area contributed by atoms with E-state index in [9.17, 15) is 22.8 Å². The fourth-order valence-corrected chi connectivity index (χ4v) is 11.1. The quantitative estimate of drug-likeness (QED) is 0.0487. The third-order valence-electron chi connectivity index (χ3n) is 15.0. The monoisotopic (exact) mass is 1080 g/mol. The SMILES string of the molecule is CCCCCc1ccc(C(=O)N(Cc2ccc(-c3nc(C(F)(F)F)cs3)cc2)C2CCN(CCC(C)C)CC2)cc1.CCCCCc1ccc(C(=O)N(Cc2ccc(C(N)=S)cc2)C2CCN(CCC(C)C)CC2)cc1. The van der Waals surface area contributed by atoms with Gasteiger partial charge in [0.25, 0.3) is 11.8 Å². The van der Waals surface area contributed by atoms with E-state index in [-0.39, 0.29) is 23.9 Å². The smallest absolute Gasteiger partial charge is 0.389 e. The van der Waals surface area contributed by atoms with E-state index in [2.05, 4.69) is 85.5 Å². The second kappa shape index (κ2) is 30.3. The molecular formula is C63H85F3N6O2S2. The van der Waals surface area contributed by atoms with Crippen LogP contribution in [-0.2, 0) is 32.1 Å². The molecule has 0 saturated carbocycles. The van der Waals surface area contributed by atoms with Gasteiger partial charge in [-0.25, -0.2) is 4.98 Å². The summed E-state index contributed by atoms with van der Waals surface area (Å²) in [5.41, 5.74) is 12.5. The van der Waals surface area contributed by atoms with E-state index >= 15 is 0 Å². The summed E-state index contributed by atoms with van der Waals surface area (Å²) in [4.78, 5) is 41.0. The van der Waals surface area contributed by atoms with E-state index in [0.29, 0.717) is 40.1 Å². The number of halogens is 3. The number of rotatable bonds is 24. The molecule has 13 heteroatoms. The highest BCUT2D eigenvalue weighted by atomic mass is 32.1. The fraction of sp³-hybridized carbons (Fsp3) is 0.524. The number of hydrogen-bond donors (Lipinski definition) is 1. The third-order valence-corrected chi connectivity index (χ3v) is 16.2. The predicted octanol–water partition coefficient (Wildman–Crippen LogP) is 14.9. The lowest BCUT2D eigenvalue weighted by Gasteiger charge is -2.39. The molecule has 2 aliphatic heterocycles. The Morgan fingerprint density at radius 2 is 1.00 bits per heavy atom. The lowest BCUT2D eigenvalue weighted by Crippen LogP contribution is -2.47. The first kappa shape index (κ1) is 60.3. The number of likely N-dealkylation sites (tertiary alicyclic amines) is 2. The summed E-state index contributed by atoms with van der Waals surface area (Å²) in [6, 6.07) is 32.2. The van der Waals surface area contributed by atoms with E-state index in [1.54, 1.807) is 12.1 Å². The number of aromatic nitrogens is 1. The van der Waals surface area contributed by atoms with Crippen LogP contribution in [0.15, 0.2) is 102 Å². The zero-order chi connectivity index (χ0) is 54.6. The fourth-order valence-electron chi connectivity index (χ4n) is 10.1. The van der Waals surface area contributed by atoms with Crippen LogP contribution in [0.25, 0.3) is 10.6 Å². The number of alkyl halides is 3. The highest BCUT2D eigenvalue weighted by molar-refractivity contribution is 7.80. The topological polar surface area (TPSA) is 86.0 Å². The van der Waals surface area contributed by atoms with Crippen LogP contribution in [0.1, 0.15) is 173 Å². The van der Waals surface area contributed by atoms with Gasteiger partial charge in [0.15, 0.2) is 5.69 Å². The second-order valence-electron chi connectivity index (χ2n) is 22.0. The van der Waals surface area contributed by atoms with E-state index in [1.165, 1.54) is 56.1 Å². The largest absolute Gasteiger partial charge is 0.434 e. The standard InChI is InChI=1S/C33H42F3N3OS.C30H43N3OS/c1-4-5-6-7-25-8-14-28(15-9-25)32(40)39(29-17-20-38(21-18-29)19-16-24(2)3)22-26-10-12-27(13-11-26)31-37-30(23-41-31)33(34,35)36;1-4-5-6-7-24-8-14-27(15-9-24)30(34)33(22-25-10-12-26(13-11-25)29(31)35)28-17-20-32(21-18-28)19-16-23(2)3/h8-15,23-24,29H,4-7,16-22H2,1-3H3;8-15,23,28H,4-7,16-22H2,1-3H3,(H2,31,35). The van der Waals surface area contributed by atoms with E-state index in [0.717, 1.165) is 129 Å². The highest BCUT2D eigenvalue weighted by Gasteiger charge is 2.34. The number of benzene rings is 4. The van der Waals surface area contributed by atoms with Crippen molar-refractivity contribution in [1.82, 2.24) is 24.6 Å². The number of carbonyl (C=O) groups is 2. The van der Waals surface area contributed by atoms with Crippen molar-refractivity contribution < 1.29 is 22.8 Å². The lowest BCUT2D eigenvalue weighted by molar-refractivity contribution is -0.140. The number of piperidine rings is 2. The molecule has 0 aliphatic carbocycles. The summed E-state index contributed by atoms with van der Waals surface area (Å²) in [5, 5.41) is 1.39. The molecule has 1 aromatic heterocycles. The summed E-state index contributed by atoms with van der Waals surface area (Å²) in [6.45, 7) is 20.8. The summed E-state index contributed by atoms with van der Waals surface area (Å²) in [6.07, 6.45) is 11.2. The predicted molar refractivity (Wildman–Crippen MR) is 312 cm³/mol. The Labute approximate surface area is 462 Å². The first-order valence-corrected chi connectivity index (χ1v) is 29.5. The molecule has 4 aromatic carbocycles. The molecule has 7 rings (SSSR count). The highest BCUT2D eigenvalue weighted by Crippen LogP contribution is 2.34. The molecule has 2 amide bonds. The minimum atomic E-state index is -4.45. The Balaban J connectivity index is 0.000000250. The molecule has 0 spiro atoms. The summed E-state index contributed by atoms with van der Waals surface area (Å²) in [7, 11) is 0. The van der Waals surface area contributed by atoms with Crippen molar-refractivity contribution in [2.24, 2.45) is 17.6 Å². The summed E-state index contributed by atoms with van der Waals surface area (Å²) >= 11 is 6.09. The van der Waals surface area contributed by atoms with Crippen LogP contribution in [-0.4, -0.2) is 92.7 Å². The van der Waals surface area contributed by atoms with Crippen LogP contribution < -0.4 is 5.73 Å². The Morgan fingerprint density at radius 1 is 0.618 bits per heavy atom. The molecule has 3 heterocycles. The van der Waals surface area contributed by atoms with Crippen LogP contribution in [0, 0.1) is 11.8 Å². The molecule has 76 heavy (non-hydrogen) atoms. The maximum atomic E-state index is 13.9. The molecule has 5 aromatic rings. The molecule has 0 atom stereocenters. The summed E-state index contributed by atoms with van der Waals surface area (Å²) in [5.74, 6) is 1.55. The van der Waals surface area contributed by atoms with Gasteiger partial charge >= 0.3 is 6.18 Å². The van der Waals surface area contributed by atoms with Crippen molar-refractivity contribution in [2.45, 2.75) is 163 Å². The zero-order valence-corrected chi connectivity index (χ0v) is 47.9. The van der Waals surface area contributed by atoms with Gasteiger partial charge in [0.05, 0.1) is 0 Å². The van der Waals surface area contributed by atoms with Crippen molar-refractivity contribution >= 4 is 40.4 Å². The average Bonchev–Trinajstić information content (AvgIpc) is 3.94. The van der Waals surface area contributed by atoms with Gasteiger partial charge in [-0.1, -0.05) is 152 Å². The van der Waals surface area contributed by atoms with Crippen molar-refractivity contribution in [1.29, 1.82) is 0 Å². The van der Waals surface area contributed by atoms with Gasteiger partial charge in [-0.05, 0) is 136 Å². The van der Waals surface area contributed by atoms with Gasteiger partial charge in [0.1, 0.15) is 10.00 Å². The number of aryl methyl sites for hydroxylation is 2. The minimum absolute atomic E-state index is 0.0320.